The molecule has 1 fully saturated rings. The van der Waals surface area contributed by atoms with Crippen molar-refractivity contribution in [1.82, 2.24) is 19.8 Å². The fourth-order valence-electron chi connectivity index (χ4n) is 5.59. The van der Waals surface area contributed by atoms with E-state index in [1.807, 2.05) is 49.2 Å². The summed E-state index contributed by atoms with van der Waals surface area (Å²) in [7, 11) is -0.433. The molecule has 1 aliphatic carbocycles. The van der Waals surface area contributed by atoms with Crippen LogP contribution in [0.4, 0.5) is 0 Å². The number of amides is 2. The second-order valence-electron chi connectivity index (χ2n) is 12.2. The Hall–Kier alpha value is -2.93. The number of hydrogen-bond acceptors (Lipinski definition) is 7. The molecule has 1 saturated carbocycles. The van der Waals surface area contributed by atoms with Crippen LogP contribution in [0.5, 0.6) is 0 Å². The molecule has 4 N–H and O–H groups in total. The van der Waals surface area contributed by atoms with Gasteiger partial charge < -0.3 is 25.7 Å². The minimum atomic E-state index is -3.83. The van der Waals surface area contributed by atoms with Gasteiger partial charge in [-0.05, 0) is 37.9 Å². The van der Waals surface area contributed by atoms with Crippen LogP contribution in [0.15, 0.2) is 30.3 Å². The van der Waals surface area contributed by atoms with Gasteiger partial charge in [0.25, 0.3) is 0 Å². The Labute approximate surface area is 270 Å². The third-order valence-corrected chi connectivity index (χ3v) is 10.6. The molecule has 1 aliphatic rings. The Kier molecular flexibility index (Phi) is 16.6. The Morgan fingerprint density at radius 3 is 2.22 bits per heavy atom. The lowest BCUT2D eigenvalue weighted by Crippen LogP contribution is -2.56. The van der Waals surface area contributed by atoms with Crippen molar-refractivity contribution < 1.29 is 28.2 Å². The molecule has 3 unspecified atom stereocenters. The average Bonchev–Trinajstić information content (AvgIpc) is 3.03. The quantitative estimate of drug-likeness (QED) is 0.168. The van der Waals surface area contributed by atoms with E-state index in [1.54, 1.807) is 0 Å². The van der Waals surface area contributed by atoms with Crippen LogP contribution >= 0.6 is 0 Å². The van der Waals surface area contributed by atoms with Gasteiger partial charge in [0, 0.05) is 33.0 Å². The molecule has 0 aliphatic heterocycles. The molecular formula is C34H52N4O6S. The van der Waals surface area contributed by atoms with Crippen molar-refractivity contribution in [3.05, 3.63) is 35.9 Å². The van der Waals surface area contributed by atoms with Gasteiger partial charge in [-0.15, -0.1) is 24.7 Å². The molecule has 2 amide bonds. The first-order chi connectivity index (χ1) is 21.4. The van der Waals surface area contributed by atoms with Crippen molar-refractivity contribution in [2.75, 3.05) is 39.5 Å². The van der Waals surface area contributed by atoms with Crippen molar-refractivity contribution in [3.8, 4) is 24.7 Å². The molecule has 0 heterocycles. The molecule has 0 bridgehead atoms. The molecule has 0 spiro atoms. The number of likely N-dealkylation sites (N-methyl/N-ethyl adjacent to an activating group) is 2. The Bertz CT molecular complexity index is 1240. The smallest absolute Gasteiger partial charge is 0.243 e. The lowest BCUT2D eigenvalue weighted by Gasteiger charge is -2.33. The topological polar surface area (TPSA) is 139 Å². The summed E-state index contributed by atoms with van der Waals surface area (Å²) in [6.45, 7) is 3.56. The van der Waals surface area contributed by atoms with Crippen LogP contribution < -0.4 is 10.6 Å². The second-order valence-corrected chi connectivity index (χ2v) is 14.3. The lowest BCUT2D eigenvalue weighted by atomic mass is 9.82. The predicted molar refractivity (Wildman–Crippen MR) is 177 cm³/mol. The zero-order valence-corrected chi connectivity index (χ0v) is 27.8. The molecule has 11 heteroatoms. The highest BCUT2D eigenvalue weighted by atomic mass is 32.2. The Morgan fingerprint density at radius 1 is 0.978 bits per heavy atom. The first-order valence-corrected chi connectivity index (χ1v) is 17.5. The number of aliphatic hydroxyl groups is 2. The Morgan fingerprint density at radius 2 is 1.62 bits per heavy atom. The number of terminal acetylenes is 2. The van der Waals surface area contributed by atoms with Crippen LogP contribution in [0.25, 0.3) is 0 Å². The van der Waals surface area contributed by atoms with Gasteiger partial charge in [0.1, 0.15) is 12.1 Å². The van der Waals surface area contributed by atoms with Crippen LogP contribution in [0.1, 0.15) is 63.9 Å². The molecule has 0 saturated heterocycles. The highest BCUT2D eigenvalue weighted by Crippen LogP contribution is 2.28. The van der Waals surface area contributed by atoms with Gasteiger partial charge in [0.15, 0.2) is 0 Å². The summed E-state index contributed by atoms with van der Waals surface area (Å²) >= 11 is 0. The summed E-state index contributed by atoms with van der Waals surface area (Å²) in [4.78, 5) is 29.3. The number of carbonyl (C=O) groups excluding carboxylic acids is 2. The number of hydrogen-bond donors (Lipinski definition) is 4. The van der Waals surface area contributed by atoms with Crippen LogP contribution in [0.3, 0.4) is 0 Å². The maximum atomic E-state index is 13.7. The van der Waals surface area contributed by atoms with Crippen molar-refractivity contribution in [2.45, 2.75) is 89.0 Å². The summed E-state index contributed by atoms with van der Waals surface area (Å²) < 4.78 is 28.0. The summed E-state index contributed by atoms with van der Waals surface area (Å²) in [5.74, 6) is 2.34. The number of carbonyl (C=O) groups is 2. The van der Waals surface area contributed by atoms with E-state index in [0.717, 1.165) is 44.2 Å². The molecule has 10 nitrogen and oxygen atoms in total. The monoisotopic (exact) mass is 644 g/mol. The minimum Gasteiger partial charge on any atom is -0.389 e. The van der Waals surface area contributed by atoms with E-state index in [9.17, 15) is 28.2 Å². The van der Waals surface area contributed by atoms with E-state index in [4.69, 9.17) is 12.8 Å². The number of rotatable bonds is 19. The van der Waals surface area contributed by atoms with Crippen molar-refractivity contribution in [1.29, 1.82) is 0 Å². The zero-order chi connectivity index (χ0) is 33.4. The van der Waals surface area contributed by atoms with Crippen LogP contribution in [-0.2, 0) is 26.0 Å². The standard InChI is InChI=1S/C34H52N4O6S/c1-6-15-29(34(42)36-30(32(40)31(39)16-7-2)24-27-19-13-10-14-20-27)35-33(41)28(23-26-17-11-9-12-18-26)25-45(43,44)38(5)22-21-37(4)8-3/h1-2,9,11-12,17-18,27-32,39-40H,8,10,13-16,19-25H2,3-5H3,(H,35,41)(H,36,42)/t28?,29-,30?,31?,32+/m0/s1. The van der Waals surface area contributed by atoms with Gasteiger partial charge in [-0.3, -0.25) is 9.59 Å². The minimum absolute atomic E-state index is 0.0818. The summed E-state index contributed by atoms with van der Waals surface area (Å²) in [5.41, 5.74) is 0.775. The number of benzene rings is 1. The van der Waals surface area contributed by atoms with E-state index in [0.29, 0.717) is 13.0 Å². The first-order valence-electron chi connectivity index (χ1n) is 15.9. The largest absolute Gasteiger partial charge is 0.389 e. The highest BCUT2D eigenvalue weighted by molar-refractivity contribution is 7.89. The predicted octanol–water partition coefficient (Wildman–Crippen LogP) is 1.77. The van der Waals surface area contributed by atoms with Crippen molar-refractivity contribution in [2.24, 2.45) is 11.8 Å². The van der Waals surface area contributed by atoms with E-state index in [1.165, 1.54) is 11.4 Å². The molecule has 0 radical (unpaired) electrons. The molecule has 45 heavy (non-hydrogen) atoms. The van der Waals surface area contributed by atoms with Gasteiger partial charge in [0.2, 0.25) is 21.8 Å². The number of nitrogens with zero attached hydrogens (tertiary/aromatic N) is 2. The van der Waals surface area contributed by atoms with Gasteiger partial charge in [-0.1, -0.05) is 69.4 Å². The van der Waals surface area contributed by atoms with Gasteiger partial charge >= 0.3 is 0 Å². The second kappa shape index (κ2) is 19.6. The number of sulfonamides is 1. The Balaban J connectivity index is 2.26. The third-order valence-electron chi connectivity index (χ3n) is 8.65. The molecule has 1 aromatic carbocycles. The molecule has 2 rings (SSSR count). The normalized spacial score (nSPS) is 17.4. The van der Waals surface area contributed by atoms with E-state index in [2.05, 4.69) is 22.5 Å². The maximum absolute atomic E-state index is 13.7. The van der Waals surface area contributed by atoms with Crippen LogP contribution in [-0.4, -0.2) is 103 Å². The fourth-order valence-corrected chi connectivity index (χ4v) is 6.98. The molecular weight excluding hydrogens is 592 g/mol. The highest BCUT2D eigenvalue weighted by Gasteiger charge is 2.34. The summed E-state index contributed by atoms with van der Waals surface area (Å²) in [6, 6.07) is 7.11. The van der Waals surface area contributed by atoms with Crippen molar-refractivity contribution in [3.63, 3.8) is 0 Å². The van der Waals surface area contributed by atoms with Gasteiger partial charge in [0.05, 0.1) is 23.8 Å². The third kappa shape index (κ3) is 13.1. The molecule has 1 aromatic rings. The SMILES string of the molecule is C#CCC(O)[C@H](O)C(CC1CCCCC1)NC(=O)[C@H](CC#C)NC(=O)C(Cc1ccccc1)CS(=O)(=O)N(C)CCN(C)CC. The molecule has 0 aromatic heterocycles. The summed E-state index contributed by atoms with van der Waals surface area (Å²) in [5, 5.41) is 26.9. The molecule has 250 valence electrons. The fraction of sp³-hybridized carbons (Fsp3) is 0.647. The van der Waals surface area contributed by atoms with E-state index >= 15 is 0 Å². The average molecular weight is 645 g/mol. The van der Waals surface area contributed by atoms with E-state index in [-0.39, 0.29) is 31.7 Å². The maximum Gasteiger partial charge on any atom is 0.243 e. The van der Waals surface area contributed by atoms with Crippen LogP contribution in [0, 0.1) is 36.5 Å². The summed E-state index contributed by atoms with van der Waals surface area (Å²) in [6.07, 6.45) is 13.9. The van der Waals surface area contributed by atoms with Crippen LogP contribution in [0.2, 0.25) is 0 Å². The van der Waals surface area contributed by atoms with Gasteiger partial charge in [-0.25, -0.2) is 12.7 Å². The van der Waals surface area contributed by atoms with Crippen molar-refractivity contribution >= 4 is 21.8 Å². The number of aliphatic hydroxyl groups excluding tert-OH is 2. The lowest BCUT2D eigenvalue weighted by molar-refractivity contribution is -0.132. The number of nitrogens with one attached hydrogen (secondary N) is 2. The zero-order valence-electron chi connectivity index (χ0n) is 27.0. The first kappa shape index (κ1) is 38.3. The van der Waals surface area contributed by atoms with Gasteiger partial charge in [-0.2, -0.15) is 0 Å². The van der Waals surface area contributed by atoms with E-state index < -0.39 is 57.8 Å². The molecule has 5 atom stereocenters.